The lowest BCUT2D eigenvalue weighted by molar-refractivity contribution is -0.124. The Balaban J connectivity index is 2.55. The maximum absolute atomic E-state index is 11.6. The monoisotopic (exact) mass is 224 g/mol. The van der Waals surface area contributed by atoms with Crippen molar-refractivity contribution in [2.24, 2.45) is 10.9 Å². The second kappa shape index (κ2) is 5.70. The minimum atomic E-state index is -0.713. The summed E-state index contributed by atoms with van der Waals surface area (Å²) in [6.07, 6.45) is 1.85. The molecule has 1 fully saturated rings. The van der Waals surface area contributed by atoms with Crippen LogP contribution in [0.1, 0.15) is 12.8 Å². The van der Waals surface area contributed by atoms with Crippen molar-refractivity contribution in [1.82, 2.24) is 4.90 Å². The van der Waals surface area contributed by atoms with Crippen molar-refractivity contribution in [3.63, 3.8) is 0 Å². The molecule has 1 aliphatic rings. The van der Waals surface area contributed by atoms with Gasteiger partial charge in [0.15, 0.2) is 6.61 Å². The Hall–Kier alpha value is -2.10. The fourth-order valence-electron chi connectivity index (χ4n) is 1.34. The molecule has 1 aliphatic heterocycles. The number of hydrogen-bond donors (Lipinski definition) is 1. The van der Waals surface area contributed by atoms with Crippen molar-refractivity contribution < 1.29 is 14.4 Å². The molecule has 0 spiro atoms. The summed E-state index contributed by atoms with van der Waals surface area (Å²) in [5.41, 5.74) is 4.45. The van der Waals surface area contributed by atoms with Crippen LogP contribution in [0.25, 0.3) is 0 Å². The van der Waals surface area contributed by atoms with E-state index in [0.29, 0.717) is 13.1 Å². The molecule has 0 aromatic heterocycles. The van der Waals surface area contributed by atoms with Crippen molar-refractivity contribution in [2.75, 3.05) is 19.7 Å². The predicted molar refractivity (Wildman–Crippen MR) is 54.0 cm³/mol. The zero-order chi connectivity index (χ0) is 12.0. The number of amides is 2. The van der Waals surface area contributed by atoms with Gasteiger partial charge in [0.25, 0.3) is 11.8 Å². The summed E-state index contributed by atoms with van der Waals surface area (Å²) in [6, 6.07) is 1.63. The summed E-state index contributed by atoms with van der Waals surface area (Å²) in [5, 5.41) is 12.0. The van der Waals surface area contributed by atoms with E-state index in [0.717, 1.165) is 12.8 Å². The van der Waals surface area contributed by atoms with Crippen molar-refractivity contribution in [3.8, 4) is 6.07 Å². The summed E-state index contributed by atoms with van der Waals surface area (Å²) < 4.78 is 0. The van der Waals surface area contributed by atoms with E-state index in [4.69, 9.17) is 11.0 Å². The van der Waals surface area contributed by atoms with Gasteiger partial charge in [-0.05, 0) is 12.8 Å². The van der Waals surface area contributed by atoms with Crippen molar-refractivity contribution in [2.45, 2.75) is 12.8 Å². The fraction of sp³-hybridized carbons (Fsp3) is 0.556. The molecule has 1 saturated heterocycles. The quantitative estimate of drug-likeness (QED) is 0.487. The Kier molecular flexibility index (Phi) is 4.27. The molecule has 0 aromatic carbocycles. The van der Waals surface area contributed by atoms with Gasteiger partial charge >= 0.3 is 0 Å². The first-order valence-corrected chi connectivity index (χ1v) is 4.83. The van der Waals surface area contributed by atoms with Crippen LogP contribution in [0.2, 0.25) is 0 Å². The smallest absolute Gasteiger partial charge is 0.286 e. The summed E-state index contributed by atoms with van der Waals surface area (Å²) in [7, 11) is 0. The topological polar surface area (TPSA) is 109 Å². The molecular formula is C9H12N4O3. The number of nitrogens with zero attached hydrogens (tertiary/aromatic N) is 3. The lowest BCUT2D eigenvalue weighted by Gasteiger charge is -2.12. The molecule has 0 radical (unpaired) electrons. The van der Waals surface area contributed by atoms with E-state index in [2.05, 4.69) is 9.99 Å². The molecule has 1 heterocycles. The van der Waals surface area contributed by atoms with Crippen LogP contribution < -0.4 is 5.73 Å². The Morgan fingerprint density at radius 2 is 2.06 bits per heavy atom. The van der Waals surface area contributed by atoms with Gasteiger partial charge in [0.2, 0.25) is 5.71 Å². The Morgan fingerprint density at radius 1 is 1.44 bits per heavy atom. The minimum Gasteiger partial charge on any atom is -0.384 e. The molecule has 2 amide bonds. The standard InChI is InChI=1S/C9H12N4O3/c10-5-7(12-16-6-8(11)14)9(15)13-3-1-2-4-13/h1-4,6H2,(H2,11,14)/b12-7+. The van der Waals surface area contributed by atoms with Gasteiger partial charge in [0.05, 0.1) is 0 Å². The van der Waals surface area contributed by atoms with Gasteiger partial charge in [-0.25, -0.2) is 0 Å². The number of likely N-dealkylation sites (tertiary alicyclic amines) is 1. The number of hydrogen-bond acceptors (Lipinski definition) is 5. The van der Waals surface area contributed by atoms with Crippen LogP contribution in [-0.2, 0) is 14.4 Å². The van der Waals surface area contributed by atoms with E-state index in [1.165, 1.54) is 4.90 Å². The van der Waals surface area contributed by atoms with Gasteiger partial charge in [-0.3, -0.25) is 9.59 Å². The molecule has 1 rings (SSSR count). The number of nitrogens with two attached hydrogens (primary N) is 1. The first-order valence-electron chi connectivity index (χ1n) is 4.83. The van der Waals surface area contributed by atoms with E-state index in [1.54, 1.807) is 6.07 Å². The lowest BCUT2D eigenvalue weighted by atomic mass is 10.3. The Morgan fingerprint density at radius 3 is 2.56 bits per heavy atom. The Labute approximate surface area is 92.4 Å². The molecule has 0 aromatic rings. The summed E-state index contributed by atoms with van der Waals surface area (Å²) in [5.74, 6) is -1.18. The first-order chi connectivity index (χ1) is 7.65. The van der Waals surface area contributed by atoms with Gasteiger partial charge in [0.1, 0.15) is 6.07 Å². The number of oxime groups is 1. The van der Waals surface area contributed by atoms with E-state index in [9.17, 15) is 9.59 Å². The fourth-order valence-corrected chi connectivity index (χ4v) is 1.34. The largest absolute Gasteiger partial charge is 0.384 e. The third-order valence-electron chi connectivity index (χ3n) is 2.06. The van der Waals surface area contributed by atoms with Crippen LogP contribution in [0.5, 0.6) is 0 Å². The molecular weight excluding hydrogens is 212 g/mol. The number of carbonyl (C=O) groups is 2. The van der Waals surface area contributed by atoms with Crippen LogP contribution in [0.15, 0.2) is 5.16 Å². The minimum absolute atomic E-state index is 0.358. The van der Waals surface area contributed by atoms with Gasteiger partial charge in [-0.1, -0.05) is 5.16 Å². The number of rotatable bonds is 4. The predicted octanol–water partition coefficient (Wildman–Crippen LogP) is -1.01. The highest BCUT2D eigenvalue weighted by atomic mass is 16.6. The molecule has 16 heavy (non-hydrogen) atoms. The van der Waals surface area contributed by atoms with Gasteiger partial charge in [0, 0.05) is 13.1 Å². The molecule has 7 nitrogen and oxygen atoms in total. The van der Waals surface area contributed by atoms with Crippen LogP contribution in [-0.4, -0.2) is 42.1 Å². The molecule has 86 valence electrons. The van der Waals surface area contributed by atoms with Crippen LogP contribution in [0, 0.1) is 11.3 Å². The summed E-state index contributed by atoms with van der Waals surface area (Å²) >= 11 is 0. The van der Waals surface area contributed by atoms with Crippen molar-refractivity contribution in [1.29, 1.82) is 5.26 Å². The van der Waals surface area contributed by atoms with E-state index in [1.807, 2.05) is 0 Å². The third kappa shape index (κ3) is 3.24. The van der Waals surface area contributed by atoms with Crippen LogP contribution >= 0.6 is 0 Å². The number of carbonyl (C=O) groups excluding carboxylic acids is 2. The van der Waals surface area contributed by atoms with Crippen LogP contribution in [0.3, 0.4) is 0 Å². The van der Waals surface area contributed by atoms with Gasteiger partial charge in [-0.2, -0.15) is 5.26 Å². The average molecular weight is 224 g/mol. The maximum atomic E-state index is 11.6. The highest BCUT2D eigenvalue weighted by Crippen LogP contribution is 2.07. The molecule has 0 saturated carbocycles. The highest BCUT2D eigenvalue weighted by Gasteiger charge is 2.23. The number of primary amides is 1. The van der Waals surface area contributed by atoms with Crippen molar-refractivity contribution in [3.05, 3.63) is 0 Å². The SMILES string of the molecule is N#C/C(=N\OCC(N)=O)C(=O)N1CCCC1. The zero-order valence-corrected chi connectivity index (χ0v) is 8.68. The van der Waals surface area contributed by atoms with E-state index in [-0.39, 0.29) is 5.71 Å². The second-order valence-electron chi connectivity index (χ2n) is 3.29. The number of nitriles is 1. The molecule has 2 N–H and O–H groups in total. The van der Waals surface area contributed by atoms with E-state index < -0.39 is 18.4 Å². The molecule has 0 aliphatic carbocycles. The average Bonchev–Trinajstić information content (AvgIpc) is 2.76. The van der Waals surface area contributed by atoms with Crippen molar-refractivity contribution >= 4 is 17.5 Å². The van der Waals surface area contributed by atoms with Crippen LogP contribution in [0.4, 0.5) is 0 Å². The molecule has 0 bridgehead atoms. The summed E-state index contributed by atoms with van der Waals surface area (Å²) in [4.78, 5) is 28.0. The first kappa shape index (κ1) is 12.0. The Bertz CT molecular complexity index is 352. The van der Waals surface area contributed by atoms with E-state index >= 15 is 0 Å². The second-order valence-corrected chi connectivity index (χ2v) is 3.29. The lowest BCUT2D eigenvalue weighted by Crippen LogP contribution is -2.33. The maximum Gasteiger partial charge on any atom is 0.286 e. The zero-order valence-electron chi connectivity index (χ0n) is 8.68. The molecule has 7 heteroatoms. The molecule has 0 atom stereocenters. The van der Waals surface area contributed by atoms with Gasteiger partial charge in [-0.15, -0.1) is 0 Å². The molecule has 0 unspecified atom stereocenters. The highest BCUT2D eigenvalue weighted by molar-refractivity contribution is 6.44. The normalized spacial score (nSPS) is 15.7. The third-order valence-corrected chi connectivity index (χ3v) is 2.06. The van der Waals surface area contributed by atoms with Gasteiger partial charge < -0.3 is 15.5 Å². The summed E-state index contributed by atoms with van der Waals surface area (Å²) in [6.45, 7) is 0.795.